The molecule has 1 fully saturated rings. The molecule has 3 heterocycles. The molecule has 0 aliphatic carbocycles. The highest BCUT2D eigenvalue weighted by atomic mass is 32.2. The molecular formula is C54H82N14O13S. The van der Waals surface area contributed by atoms with Gasteiger partial charge in [-0.05, 0) is 88.2 Å². The van der Waals surface area contributed by atoms with Crippen LogP contribution in [-0.4, -0.2) is 224 Å². The van der Waals surface area contributed by atoms with Gasteiger partial charge in [-0.3, -0.25) is 43.4 Å². The van der Waals surface area contributed by atoms with Crippen molar-refractivity contribution < 1.29 is 57.2 Å². The van der Waals surface area contributed by atoms with Gasteiger partial charge in [-0.15, -0.1) is 0 Å². The SMILES string of the molecule is CC[C@H](NC(=O)CN1CCN(C)CCN(C)CCN(CC(O)O)CC1)C(=O)N[C@@H](CC)C(=O)NCCNC(=O)CCCOc1cc(C)c(S(=O)(=O)NC(CNC(=O)c2cn(C)c3cc(CNc4ncc[nH]4)ccc3c2=O)C(=O)O)c(C)c1. The number of anilines is 1. The number of imidazole rings is 1. The zero-order chi connectivity index (χ0) is 60.1. The number of ether oxygens (including phenoxy) is 1. The number of benzene rings is 2. The van der Waals surface area contributed by atoms with E-state index in [0.29, 0.717) is 56.5 Å². The summed E-state index contributed by atoms with van der Waals surface area (Å²) in [6.07, 6.45) is 4.00. The van der Waals surface area contributed by atoms with Crippen molar-refractivity contribution >= 4 is 62.4 Å². The molecule has 0 spiro atoms. The van der Waals surface area contributed by atoms with E-state index in [1.54, 1.807) is 56.1 Å². The molecule has 1 unspecified atom stereocenters. The summed E-state index contributed by atoms with van der Waals surface area (Å²) in [6, 6.07) is 4.42. The molecule has 28 heteroatoms. The topological polar surface area (TPSA) is 354 Å². The summed E-state index contributed by atoms with van der Waals surface area (Å²) in [7, 11) is 1.21. The molecule has 82 heavy (non-hydrogen) atoms. The van der Waals surface area contributed by atoms with E-state index in [4.69, 9.17) is 4.74 Å². The smallest absolute Gasteiger partial charge is 0.323 e. The van der Waals surface area contributed by atoms with Gasteiger partial charge >= 0.3 is 5.97 Å². The average Bonchev–Trinajstić information content (AvgIpc) is 3.18. The second kappa shape index (κ2) is 32.0. The van der Waals surface area contributed by atoms with Crippen LogP contribution in [0.4, 0.5) is 5.95 Å². The number of aliphatic carboxylic acids is 1. The number of amides is 5. The van der Waals surface area contributed by atoms with Gasteiger partial charge in [-0.2, -0.15) is 4.72 Å². The number of carboxylic acids is 1. The Morgan fingerprint density at radius 1 is 0.780 bits per heavy atom. The first-order chi connectivity index (χ1) is 39.0. The number of carbonyl (C=O) groups is 6. The largest absolute Gasteiger partial charge is 0.494 e. The lowest BCUT2D eigenvalue weighted by atomic mass is 10.1. The third-order valence-corrected chi connectivity index (χ3v) is 15.6. The van der Waals surface area contributed by atoms with Crippen molar-refractivity contribution in [1.82, 2.24) is 65.4 Å². The van der Waals surface area contributed by atoms with Gasteiger partial charge in [0.05, 0.1) is 23.6 Å². The lowest BCUT2D eigenvalue weighted by molar-refractivity contribution is -0.138. The molecule has 1 aliphatic heterocycles. The van der Waals surface area contributed by atoms with Gasteiger partial charge in [0, 0.05) is 123 Å². The normalized spacial score (nSPS) is 15.6. The molecule has 2 aromatic carbocycles. The predicted molar refractivity (Wildman–Crippen MR) is 306 cm³/mol. The van der Waals surface area contributed by atoms with E-state index in [2.05, 4.69) is 56.4 Å². The maximum absolute atomic E-state index is 13.7. The molecule has 0 saturated carbocycles. The van der Waals surface area contributed by atoms with Crippen LogP contribution in [0.5, 0.6) is 5.75 Å². The number of aromatic amines is 1. The summed E-state index contributed by atoms with van der Waals surface area (Å²) in [5.41, 5.74) is 1.00. The number of β-amino-alcohol motifs (C(OH)–C–C–N with tert-alkyl or cyclic N) is 2. The van der Waals surface area contributed by atoms with Gasteiger partial charge < -0.3 is 71.3 Å². The highest BCUT2D eigenvalue weighted by Crippen LogP contribution is 2.26. The molecule has 0 bridgehead atoms. The maximum Gasteiger partial charge on any atom is 0.323 e. The van der Waals surface area contributed by atoms with Gasteiger partial charge in [0.25, 0.3) is 5.91 Å². The molecule has 1 saturated heterocycles. The molecule has 452 valence electrons. The number of H-pyrrole nitrogens is 1. The Bertz CT molecular complexity index is 2950. The van der Waals surface area contributed by atoms with Crippen molar-refractivity contribution in [3.63, 3.8) is 0 Å². The highest BCUT2D eigenvalue weighted by Gasteiger charge is 2.30. The van der Waals surface area contributed by atoms with E-state index >= 15 is 0 Å². The molecule has 2 aromatic heterocycles. The van der Waals surface area contributed by atoms with Crippen molar-refractivity contribution in [2.24, 2.45) is 7.05 Å². The number of fused-ring (bicyclic) bond motifs is 1. The van der Waals surface area contributed by atoms with E-state index in [0.717, 1.165) is 25.2 Å². The molecule has 1 aliphatic rings. The third-order valence-electron chi connectivity index (χ3n) is 13.9. The number of nitrogens with zero attached hydrogens (tertiary/aromatic N) is 6. The summed E-state index contributed by atoms with van der Waals surface area (Å²) in [6.45, 7) is 11.9. The number of aromatic nitrogens is 3. The second-order valence-corrected chi connectivity index (χ2v) is 22.1. The number of sulfonamides is 1. The average molecular weight is 1170 g/mol. The molecule has 3 atom stereocenters. The number of nitrogens with one attached hydrogen (secondary N) is 8. The molecule has 27 nitrogen and oxygen atoms in total. The van der Waals surface area contributed by atoms with E-state index in [1.165, 1.54) is 32.2 Å². The van der Waals surface area contributed by atoms with Crippen molar-refractivity contribution in [3.8, 4) is 5.75 Å². The number of rotatable bonds is 28. The summed E-state index contributed by atoms with van der Waals surface area (Å²) in [5, 5.41) is 46.1. The number of likely N-dealkylation sites (N-methyl/N-ethyl adjacent to an activating group) is 2. The van der Waals surface area contributed by atoms with Crippen LogP contribution in [0.3, 0.4) is 0 Å². The number of hydrogen-bond donors (Lipinski definition) is 11. The van der Waals surface area contributed by atoms with Crippen LogP contribution >= 0.6 is 0 Å². The first-order valence-electron chi connectivity index (χ1n) is 27.4. The fourth-order valence-corrected chi connectivity index (χ4v) is 10.8. The number of aliphatic hydroxyl groups is 2. The fraction of sp³-hybridized carbons (Fsp3) is 0.556. The van der Waals surface area contributed by atoms with E-state index < -0.39 is 70.1 Å². The molecule has 4 aromatic rings. The van der Waals surface area contributed by atoms with E-state index in [1.807, 2.05) is 23.9 Å². The van der Waals surface area contributed by atoms with Crippen LogP contribution in [-0.2, 0) is 47.6 Å². The first-order valence-corrected chi connectivity index (χ1v) is 28.9. The minimum absolute atomic E-state index is 0.0214. The summed E-state index contributed by atoms with van der Waals surface area (Å²) < 4.78 is 36.9. The minimum atomic E-state index is -4.49. The Balaban J connectivity index is 1.02. The van der Waals surface area contributed by atoms with Gasteiger partial charge in [-0.25, -0.2) is 13.4 Å². The Hall–Kier alpha value is -7.05. The zero-order valence-corrected chi connectivity index (χ0v) is 48.7. The zero-order valence-electron chi connectivity index (χ0n) is 47.9. The molecule has 5 amide bonds. The van der Waals surface area contributed by atoms with Gasteiger partial charge in [0.15, 0.2) is 12.2 Å². The van der Waals surface area contributed by atoms with Gasteiger partial charge in [-0.1, -0.05) is 19.9 Å². The second-order valence-electron chi connectivity index (χ2n) is 20.5. The maximum atomic E-state index is 13.7. The lowest BCUT2D eigenvalue weighted by Gasteiger charge is -2.32. The lowest BCUT2D eigenvalue weighted by Crippen LogP contribution is -2.55. The van der Waals surface area contributed by atoms with Gasteiger partial charge in [0.1, 0.15) is 29.4 Å². The van der Waals surface area contributed by atoms with Crippen LogP contribution in [0.25, 0.3) is 10.9 Å². The van der Waals surface area contributed by atoms with Crippen molar-refractivity contribution in [2.75, 3.05) is 111 Å². The first kappa shape index (κ1) is 65.8. The van der Waals surface area contributed by atoms with Crippen LogP contribution in [0, 0.1) is 13.8 Å². The van der Waals surface area contributed by atoms with E-state index in [9.17, 15) is 57.3 Å². The molecular weight excluding hydrogens is 1080 g/mol. The Kier molecular flexibility index (Phi) is 25.6. The standard InChI is InChI=1S/C54H82N14O13S/c1-8-41(62-52(76)42(9-2)61-46(70)33-67-22-20-64(5)18-19-65(6)21-23-68(25-24-67)34-47(71)72)51(75)56-15-14-55-45(69)11-10-26-81-38-27-35(3)49(36(4)28-38)82(79,80)63-43(53(77)78)31-59-50(74)40-32-66(7)44-29-37(12-13-39(44)48(40)73)30-60-54-57-16-17-58-54/h12-13,16-17,27-29,32,41-43,47,63,71-72H,8-11,14-15,18-26,30-31,33-34H2,1-7H3,(H,55,69)(H,56,75)(H,59,74)(H,61,70)(H,62,76)(H,77,78)(H2,57,58,60)/t41-,42-,43?/m0/s1. The van der Waals surface area contributed by atoms with Crippen LogP contribution in [0.2, 0.25) is 0 Å². The van der Waals surface area contributed by atoms with Crippen molar-refractivity contribution in [2.45, 2.75) is 89.2 Å². The molecule has 5 rings (SSSR count). The quantitative estimate of drug-likeness (QED) is 0.0231. The van der Waals surface area contributed by atoms with Crippen molar-refractivity contribution in [3.05, 3.63) is 81.4 Å². The Labute approximate surface area is 477 Å². The van der Waals surface area contributed by atoms with Crippen LogP contribution < -0.4 is 46.8 Å². The third kappa shape index (κ3) is 20.4. The van der Waals surface area contributed by atoms with Crippen molar-refractivity contribution in [1.29, 1.82) is 0 Å². The molecule has 0 radical (unpaired) electrons. The number of carboxylic acid groups (broad SMARTS) is 1. The van der Waals surface area contributed by atoms with Gasteiger partial charge in [0.2, 0.25) is 39.1 Å². The number of hydrogen-bond acceptors (Lipinski definition) is 18. The monoisotopic (exact) mass is 1170 g/mol. The Morgan fingerprint density at radius 2 is 1.40 bits per heavy atom. The summed E-state index contributed by atoms with van der Waals surface area (Å²) in [5.74, 6) is -3.24. The van der Waals surface area contributed by atoms with E-state index in [-0.39, 0.29) is 97.3 Å². The number of aryl methyl sites for hydroxylation is 3. The van der Waals surface area contributed by atoms with Crippen LogP contribution in [0.15, 0.2) is 58.6 Å². The minimum Gasteiger partial charge on any atom is -0.494 e. The molecule has 11 N–H and O–H groups in total. The fourth-order valence-electron chi connectivity index (χ4n) is 9.19. The summed E-state index contributed by atoms with van der Waals surface area (Å²) >= 11 is 0. The predicted octanol–water partition coefficient (Wildman–Crippen LogP) is -1.38. The van der Waals surface area contributed by atoms with Crippen LogP contribution in [0.1, 0.15) is 66.6 Å². The number of carbonyl (C=O) groups excluding carboxylic acids is 5. The number of aliphatic hydroxyl groups excluding tert-OH is 1. The highest BCUT2D eigenvalue weighted by molar-refractivity contribution is 7.89. The Morgan fingerprint density at radius 3 is 2.04 bits per heavy atom. The summed E-state index contributed by atoms with van der Waals surface area (Å²) in [4.78, 5) is 107. The number of pyridine rings is 1.